The molecule has 0 aromatic heterocycles. The van der Waals surface area contributed by atoms with Crippen LogP contribution in [0.4, 0.5) is 0 Å². The predicted molar refractivity (Wildman–Crippen MR) is 125 cm³/mol. The molecule has 1 aromatic rings. The van der Waals surface area contributed by atoms with Gasteiger partial charge in [-0.05, 0) is 55.4 Å². The van der Waals surface area contributed by atoms with Gasteiger partial charge in [-0.2, -0.15) is 0 Å². The van der Waals surface area contributed by atoms with Crippen molar-refractivity contribution in [2.24, 2.45) is 11.8 Å². The van der Waals surface area contributed by atoms with Crippen molar-refractivity contribution >= 4 is 0 Å². The summed E-state index contributed by atoms with van der Waals surface area (Å²) in [6.07, 6.45) is 20.3. The molecule has 2 atom stereocenters. The highest BCUT2D eigenvalue weighted by molar-refractivity contribution is 5.31. The molecule has 0 bridgehead atoms. The monoisotopic (exact) mass is 402 g/mol. The van der Waals surface area contributed by atoms with Crippen LogP contribution < -0.4 is 9.47 Å². The maximum Gasteiger partial charge on any atom is 0.119 e. The van der Waals surface area contributed by atoms with Gasteiger partial charge in [0, 0.05) is 0 Å². The lowest BCUT2D eigenvalue weighted by molar-refractivity contribution is 0.193. The predicted octanol–water partition coefficient (Wildman–Crippen LogP) is 8.58. The summed E-state index contributed by atoms with van der Waals surface area (Å²) in [6.45, 7) is 6.27. The third kappa shape index (κ3) is 10.4. The molecule has 1 aliphatic rings. The summed E-state index contributed by atoms with van der Waals surface area (Å²) in [5.41, 5.74) is 0. The van der Waals surface area contributed by atoms with E-state index in [4.69, 9.17) is 9.47 Å². The van der Waals surface area contributed by atoms with Crippen molar-refractivity contribution < 1.29 is 9.47 Å². The highest BCUT2D eigenvalue weighted by Gasteiger charge is 2.23. The van der Waals surface area contributed by atoms with Gasteiger partial charge in [0.2, 0.25) is 0 Å². The molecule has 0 spiro atoms. The fourth-order valence-electron chi connectivity index (χ4n) is 4.83. The second-order valence-corrected chi connectivity index (χ2v) is 9.03. The van der Waals surface area contributed by atoms with Crippen molar-refractivity contribution in [2.75, 3.05) is 13.2 Å². The summed E-state index contributed by atoms with van der Waals surface area (Å²) < 4.78 is 11.9. The van der Waals surface area contributed by atoms with E-state index >= 15 is 0 Å². The van der Waals surface area contributed by atoms with Crippen LogP contribution in [0.2, 0.25) is 0 Å². The molecule has 0 amide bonds. The Kier molecular flexibility index (Phi) is 13.0. The van der Waals surface area contributed by atoms with Gasteiger partial charge in [0.15, 0.2) is 0 Å². The minimum atomic E-state index is 0.828. The first-order valence-electron chi connectivity index (χ1n) is 12.7. The van der Waals surface area contributed by atoms with Crippen LogP contribution >= 0.6 is 0 Å². The first kappa shape index (κ1) is 24.1. The van der Waals surface area contributed by atoms with Gasteiger partial charge < -0.3 is 9.47 Å². The van der Waals surface area contributed by atoms with E-state index in [0.29, 0.717) is 0 Å². The average Bonchev–Trinajstić information content (AvgIpc) is 2.75. The Bertz CT molecular complexity index is 494. The van der Waals surface area contributed by atoms with Gasteiger partial charge in [0.1, 0.15) is 11.5 Å². The molecule has 0 aliphatic heterocycles. The number of benzene rings is 1. The summed E-state index contributed by atoms with van der Waals surface area (Å²) in [4.78, 5) is 0. The van der Waals surface area contributed by atoms with Gasteiger partial charge >= 0.3 is 0 Å². The van der Waals surface area contributed by atoms with Crippen LogP contribution in [-0.4, -0.2) is 13.2 Å². The molecule has 0 saturated heterocycles. The zero-order valence-electron chi connectivity index (χ0n) is 19.3. The fraction of sp³-hybridized carbons (Fsp3) is 0.778. The SMILES string of the molecule is CCCCCCCCCOc1ccc(OCCCC2CCCCC2CCC)cc1. The molecular weight excluding hydrogens is 356 g/mol. The fourth-order valence-corrected chi connectivity index (χ4v) is 4.83. The van der Waals surface area contributed by atoms with E-state index in [0.717, 1.165) is 43.0 Å². The molecule has 1 aliphatic carbocycles. The van der Waals surface area contributed by atoms with Crippen LogP contribution in [-0.2, 0) is 0 Å². The highest BCUT2D eigenvalue weighted by atomic mass is 16.5. The lowest BCUT2D eigenvalue weighted by atomic mass is 9.75. The Morgan fingerprint density at radius 1 is 0.621 bits per heavy atom. The second kappa shape index (κ2) is 15.6. The standard InChI is InChI=1S/C27H46O2/c1-3-5-6-7-8-9-12-22-28-26-18-20-27(21-19-26)29-23-13-17-25-16-11-10-15-24(25)14-4-2/h18-21,24-25H,3-17,22-23H2,1-2H3. The molecule has 1 fully saturated rings. The normalized spacial score (nSPS) is 19.2. The molecule has 2 rings (SSSR count). The molecule has 2 heteroatoms. The third-order valence-electron chi connectivity index (χ3n) is 6.55. The van der Waals surface area contributed by atoms with Crippen molar-refractivity contribution in [3.05, 3.63) is 24.3 Å². The van der Waals surface area contributed by atoms with Crippen molar-refractivity contribution in [1.29, 1.82) is 0 Å². The smallest absolute Gasteiger partial charge is 0.119 e. The van der Waals surface area contributed by atoms with Crippen molar-refractivity contribution in [1.82, 2.24) is 0 Å². The minimum Gasteiger partial charge on any atom is -0.494 e. The zero-order chi connectivity index (χ0) is 20.6. The molecule has 166 valence electrons. The van der Waals surface area contributed by atoms with Crippen LogP contribution in [0.25, 0.3) is 0 Å². The second-order valence-electron chi connectivity index (χ2n) is 9.03. The van der Waals surface area contributed by atoms with E-state index in [1.54, 1.807) is 0 Å². The van der Waals surface area contributed by atoms with E-state index in [9.17, 15) is 0 Å². The average molecular weight is 403 g/mol. The van der Waals surface area contributed by atoms with Gasteiger partial charge in [0.25, 0.3) is 0 Å². The van der Waals surface area contributed by atoms with Crippen molar-refractivity contribution in [3.63, 3.8) is 0 Å². The summed E-state index contributed by atoms with van der Waals surface area (Å²) in [5, 5.41) is 0. The Morgan fingerprint density at radius 3 is 1.72 bits per heavy atom. The minimum absolute atomic E-state index is 0.828. The maximum atomic E-state index is 5.98. The third-order valence-corrected chi connectivity index (χ3v) is 6.55. The van der Waals surface area contributed by atoms with E-state index in [2.05, 4.69) is 38.1 Å². The molecule has 2 unspecified atom stereocenters. The van der Waals surface area contributed by atoms with E-state index < -0.39 is 0 Å². The maximum absolute atomic E-state index is 5.98. The van der Waals surface area contributed by atoms with Gasteiger partial charge in [-0.25, -0.2) is 0 Å². The van der Waals surface area contributed by atoms with Gasteiger partial charge in [-0.1, -0.05) is 90.9 Å². The molecule has 0 radical (unpaired) electrons. The lowest BCUT2D eigenvalue weighted by Crippen LogP contribution is -2.20. The number of hydrogen-bond acceptors (Lipinski definition) is 2. The first-order chi connectivity index (χ1) is 14.3. The zero-order valence-corrected chi connectivity index (χ0v) is 19.3. The molecule has 1 aromatic carbocycles. The Labute approximate surface area is 180 Å². The van der Waals surface area contributed by atoms with Gasteiger partial charge in [-0.3, -0.25) is 0 Å². The lowest BCUT2D eigenvalue weighted by Gasteiger charge is -2.31. The number of hydrogen-bond donors (Lipinski definition) is 0. The molecule has 29 heavy (non-hydrogen) atoms. The van der Waals surface area contributed by atoms with Crippen LogP contribution in [0.15, 0.2) is 24.3 Å². The Balaban J connectivity index is 1.53. The molecule has 1 saturated carbocycles. The van der Waals surface area contributed by atoms with Crippen LogP contribution in [0.5, 0.6) is 11.5 Å². The van der Waals surface area contributed by atoms with E-state index in [1.165, 1.54) is 89.9 Å². The van der Waals surface area contributed by atoms with Gasteiger partial charge in [0.05, 0.1) is 13.2 Å². The van der Waals surface area contributed by atoms with E-state index in [1.807, 2.05) is 0 Å². The van der Waals surface area contributed by atoms with E-state index in [-0.39, 0.29) is 0 Å². The number of rotatable bonds is 16. The highest BCUT2D eigenvalue weighted by Crippen LogP contribution is 2.36. The molecular formula is C27H46O2. The molecule has 0 N–H and O–H groups in total. The summed E-state index contributed by atoms with van der Waals surface area (Å²) >= 11 is 0. The van der Waals surface area contributed by atoms with Crippen molar-refractivity contribution in [2.45, 2.75) is 110 Å². The van der Waals surface area contributed by atoms with Crippen LogP contribution in [0, 0.1) is 11.8 Å². The summed E-state index contributed by atoms with van der Waals surface area (Å²) in [5.74, 6) is 3.85. The number of ether oxygens (including phenoxy) is 2. The first-order valence-corrected chi connectivity index (χ1v) is 12.7. The van der Waals surface area contributed by atoms with Crippen LogP contribution in [0.1, 0.15) is 110 Å². The summed E-state index contributed by atoms with van der Waals surface area (Å²) in [7, 11) is 0. The van der Waals surface area contributed by atoms with Crippen LogP contribution in [0.3, 0.4) is 0 Å². The summed E-state index contributed by atoms with van der Waals surface area (Å²) in [6, 6.07) is 8.21. The van der Waals surface area contributed by atoms with Gasteiger partial charge in [-0.15, -0.1) is 0 Å². The quantitative estimate of drug-likeness (QED) is 0.258. The largest absolute Gasteiger partial charge is 0.494 e. The molecule has 0 heterocycles. The topological polar surface area (TPSA) is 18.5 Å². The number of unbranched alkanes of at least 4 members (excludes halogenated alkanes) is 6. The van der Waals surface area contributed by atoms with Crippen molar-refractivity contribution in [3.8, 4) is 11.5 Å². The Hall–Kier alpha value is -1.18. The Morgan fingerprint density at radius 2 is 1.14 bits per heavy atom. The molecule has 2 nitrogen and oxygen atoms in total.